The summed E-state index contributed by atoms with van der Waals surface area (Å²) >= 11 is 0. The maximum Gasteiger partial charge on any atom is 0.141 e. The molecule has 1 N–H and O–H groups in total. The van der Waals surface area contributed by atoms with Gasteiger partial charge in [0.05, 0.1) is 5.57 Å². The molecule has 0 radical (unpaired) electrons. The van der Waals surface area contributed by atoms with Crippen LogP contribution < -0.4 is 0 Å². The normalized spacial score (nSPS) is 12.8. The highest BCUT2D eigenvalue weighted by atomic mass is 16.3. The van der Waals surface area contributed by atoms with E-state index in [1.165, 1.54) is 6.92 Å². The van der Waals surface area contributed by atoms with Crippen LogP contribution in [0.2, 0.25) is 0 Å². The summed E-state index contributed by atoms with van der Waals surface area (Å²) in [5.41, 5.74) is -0.00769. The lowest BCUT2D eigenvalue weighted by Crippen LogP contribution is -2.14. The minimum atomic E-state index is -0.305. The van der Waals surface area contributed by atoms with Crippen molar-refractivity contribution in [1.82, 2.24) is 0 Å². The zero-order valence-electron chi connectivity index (χ0n) is 8.24. The summed E-state index contributed by atoms with van der Waals surface area (Å²) in [4.78, 5) is 0. The number of aliphatic hydroxyl groups is 1. The number of hydrogen-bond acceptors (Lipinski definition) is 5. The van der Waals surface area contributed by atoms with Gasteiger partial charge in [0.1, 0.15) is 41.2 Å². The Morgan fingerprint density at radius 3 is 1.62 bits per heavy atom. The van der Waals surface area contributed by atoms with Crippen LogP contribution >= 0.6 is 0 Å². The van der Waals surface area contributed by atoms with Crippen LogP contribution in [0.25, 0.3) is 0 Å². The Morgan fingerprint density at radius 2 is 1.25 bits per heavy atom. The zero-order chi connectivity index (χ0) is 12.3. The first-order valence-electron chi connectivity index (χ1n) is 4.12. The van der Waals surface area contributed by atoms with Crippen LogP contribution in [0.15, 0.2) is 33.6 Å². The molecule has 74 valence electrons. The Hall–Kier alpha value is -3.02. The molecule has 0 atom stereocenters. The van der Waals surface area contributed by atoms with Crippen molar-refractivity contribution in [3.05, 3.63) is 33.6 Å². The van der Waals surface area contributed by atoms with Gasteiger partial charge in [-0.05, 0) is 6.92 Å². The third-order valence-electron chi connectivity index (χ3n) is 2.16. The minimum Gasteiger partial charge on any atom is -0.507 e. The van der Waals surface area contributed by atoms with E-state index in [1.807, 2.05) is 0 Å². The Kier molecular flexibility index (Phi) is 2.77. The molecule has 0 aromatic carbocycles. The van der Waals surface area contributed by atoms with E-state index in [4.69, 9.17) is 21.0 Å². The lowest BCUT2D eigenvalue weighted by molar-refractivity contribution is 0.407. The molecule has 0 aromatic rings. The monoisotopic (exact) mass is 208 g/mol. The van der Waals surface area contributed by atoms with Crippen LogP contribution in [0.5, 0.6) is 0 Å². The minimum absolute atomic E-state index is 0.0133. The molecule has 0 unspecified atom stereocenters. The summed E-state index contributed by atoms with van der Waals surface area (Å²) in [6, 6.07) is 6.53. The van der Waals surface area contributed by atoms with Crippen LogP contribution in [-0.4, -0.2) is 5.11 Å². The second kappa shape index (κ2) is 4.01. The van der Waals surface area contributed by atoms with Crippen LogP contribution in [0.1, 0.15) is 6.92 Å². The summed E-state index contributed by atoms with van der Waals surface area (Å²) in [5, 5.41) is 44.2. The van der Waals surface area contributed by atoms with Gasteiger partial charge in [-0.3, -0.25) is 0 Å². The first-order chi connectivity index (χ1) is 7.62. The second-order valence-electron chi connectivity index (χ2n) is 2.92. The smallest absolute Gasteiger partial charge is 0.141 e. The number of aliphatic hydroxyl groups excluding tert-OH is 1. The Labute approximate surface area is 91.7 Å². The van der Waals surface area contributed by atoms with Crippen molar-refractivity contribution in [2.45, 2.75) is 6.92 Å². The molecule has 5 heteroatoms. The van der Waals surface area contributed by atoms with Crippen LogP contribution in [0.3, 0.4) is 0 Å². The molecule has 0 heterocycles. The lowest BCUT2D eigenvalue weighted by atomic mass is 9.79. The molecular formula is C11H4N4O. The molecule has 1 aliphatic carbocycles. The number of nitrogens with zero attached hydrogens (tertiary/aromatic N) is 4. The van der Waals surface area contributed by atoms with Crippen molar-refractivity contribution in [1.29, 1.82) is 21.0 Å². The Balaban J connectivity index is 3.66. The van der Waals surface area contributed by atoms with Gasteiger partial charge in [-0.2, -0.15) is 21.0 Å². The molecule has 0 bridgehead atoms. The van der Waals surface area contributed by atoms with Gasteiger partial charge in [-0.15, -0.1) is 0 Å². The lowest BCUT2D eigenvalue weighted by Gasteiger charge is -2.23. The molecule has 5 nitrogen and oxygen atoms in total. The van der Waals surface area contributed by atoms with E-state index in [2.05, 4.69) is 0 Å². The third-order valence-corrected chi connectivity index (χ3v) is 2.16. The largest absolute Gasteiger partial charge is 0.507 e. The highest BCUT2D eigenvalue weighted by molar-refractivity contribution is 5.76. The molecule has 0 saturated carbocycles. The van der Waals surface area contributed by atoms with Crippen molar-refractivity contribution < 1.29 is 5.11 Å². The molecule has 16 heavy (non-hydrogen) atoms. The first-order valence-corrected chi connectivity index (χ1v) is 4.12. The summed E-state index contributed by atoms with van der Waals surface area (Å²) in [6.07, 6.45) is 0. The predicted octanol–water partition coefficient (Wildman–Crippen LogP) is 1.52. The molecule has 0 saturated heterocycles. The standard InChI is InChI=1S/C11H4N4O/c1-6-9(7(2-12)3-13)10(11(6)16)8(4-14)5-15/h16H,1H3. The molecule has 1 aliphatic rings. The third kappa shape index (κ3) is 1.30. The van der Waals surface area contributed by atoms with E-state index in [9.17, 15) is 5.11 Å². The van der Waals surface area contributed by atoms with Gasteiger partial charge in [-0.25, -0.2) is 0 Å². The highest BCUT2D eigenvalue weighted by Gasteiger charge is 2.32. The fourth-order valence-electron chi connectivity index (χ4n) is 1.38. The summed E-state index contributed by atoms with van der Waals surface area (Å²) in [5.74, 6) is -0.212. The predicted molar refractivity (Wildman–Crippen MR) is 51.8 cm³/mol. The number of hydrogen-bond donors (Lipinski definition) is 1. The average molecular weight is 208 g/mol. The second-order valence-corrected chi connectivity index (χ2v) is 2.92. The van der Waals surface area contributed by atoms with E-state index in [-0.39, 0.29) is 28.1 Å². The van der Waals surface area contributed by atoms with Gasteiger partial charge in [0.25, 0.3) is 0 Å². The van der Waals surface area contributed by atoms with E-state index in [0.29, 0.717) is 5.57 Å². The van der Waals surface area contributed by atoms with Crippen molar-refractivity contribution in [2.75, 3.05) is 0 Å². The topological polar surface area (TPSA) is 115 Å². The van der Waals surface area contributed by atoms with Gasteiger partial charge in [-0.1, -0.05) is 0 Å². The molecule has 0 amide bonds. The van der Waals surface area contributed by atoms with Crippen molar-refractivity contribution >= 4 is 0 Å². The molecule has 0 aromatic heterocycles. The van der Waals surface area contributed by atoms with Crippen molar-refractivity contribution in [3.63, 3.8) is 0 Å². The average Bonchev–Trinajstić information content (AvgIpc) is 2.33. The van der Waals surface area contributed by atoms with Gasteiger partial charge in [0.15, 0.2) is 0 Å². The molecule has 0 fully saturated rings. The fourth-order valence-corrected chi connectivity index (χ4v) is 1.38. The van der Waals surface area contributed by atoms with Crippen molar-refractivity contribution in [3.8, 4) is 24.3 Å². The Morgan fingerprint density at radius 1 is 0.875 bits per heavy atom. The molecule has 1 rings (SSSR count). The summed E-state index contributed by atoms with van der Waals surface area (Å²) < 4.78 is 0. The van der Waals surface area contributed by atoms with E-state index >= 15 is 0 Å². The number of rotatable bonds is 0. The number of allylic oxidation sites excluding steroid dienone is 4. The van der Waals surface area contributed by atoms with Crippen LogP contribution in [0, 0.1) is 45.3 Å². The molecule has 0 aliphatic heterocycles. The number of nitriles is 4. The Bertz CT molecular complexity index is 533. The molecule has 0 spiro atoms. The van der Waals surface area contributed by atoms with Gasteiger partial charge < -0.3 is 5.11 Å². The van der Waals surface area contributed by atoms with Crippen LogP contribution in [0.4, 0.5) is 0 Å². The SMILES string of the molecule is CC1=C(O)C(=C(C#N)C#N)C1=C(C#N)C#N. The van der Waals surface area contributed by atoms with Gasteiger partial charge in [0, 0.05) is 11.1 Å². The van der Waals surface area contributed by atoms with Crippen molar-refractivity contribution in [2.24, 2.45) is 0 Å². The quantitative estimate of drug-likeness (QED) is 0.606. The van der Waals surface area contributed by atoms with Gasteiger partial charge >= 0.3 is 0 Å². The highest BCUT2D eigenvalue weighted by Crippen LogP contribution is 2.41. The van der Waals surface area contributed by atoms with E-state index in [0.717, 1.165) is 0 Å². The van der Waals surface area contributed by atoms with E-state index in [1.54, 1.807) is 24.3 Å². The fraction of sp³-hybridized carbons (Fsp3) is 0.0909. The maximum atomic E-state index is 9.49. The summed E-state index contributed by atoms with van der Waals surface area (Å²) in [6.45, 7) is 1.51. The van der Waals surface area contributed by atoms with Gasteiger partial charge in [0.2, 0.25) is 0 Å². The zero-order valence-corrected chi connectivity index (χ0v) is 8.24. The first kappa shape index (κ1) is 11.1. The maximum absolute atomic E-state index is 9.49. The van der Waals surface area contributed by atoms with E-state index < -0.39 is 0 Å². The van der Waals surface area contributed by atoms with Crippen LogP contribution in [-0.2, 0) is 0 Å². The summed E-state index contributed by atoms with van der Waals surface area (Å²) in [7, 11) is 0. The molecular weight excluding hydrogens is 204 g/mol.